The molecule has 0 aliphatic carbocycles. The smallest absolute Gasteiger partial charge is 0.263 e. The maximum atomic E-state index is 12.4. The Labute approximate surface area is 147 Å². The maximum Gasteiger partial charge on any atom is 0.263 e. The number of carbonyl (C=O) groups is 1. The normalized spacial score (nSPS) is 14.4. The van der Waals surface area contributed by atoms with Crippen molar-refractivity contribution in [3.05, 3.63) is 42.6 Å². The van der Waals surface area contributed by atoms with E-state index >= 15 is 0 Å². The summed E-state index contributed by atoms with van der Waals surface area (Å²) in [5.74, 6) is 0.0601. The summed E-state index contributed by atoms with van der Waals surface area (Å²) in [6, 6.07) is 9.49. The van der Waals surface area contributed by atoms with Crippen molar-refractivity contribution in [1.82, 2.24) is 4.98 Å². The Bertz CT molecular complexity index is 842. The van der Waals surface area contributed by atoms with E-state index < -0.39 is 10.0 Å². The maximum absolute atomic E-state index is 12.4. The van der Waals surface area contributed by atoms with Gasteiger partial charge in [-0.1, -0.05) is 0 Å². The van der Waals surface area contributed by atoms with Gasteiger partial charge in [0.1, 0.15) is 5.82 Å². The monoisotopic (exact) mass is 360 g/mol. The fourth-order valence-corrected chi connectivity index (χ4v) is 3.73. The Hall–Kier alpha value is -2.61. The molecule has 25 heavy (non-hydrogen) atoms. The van der Waals surface area contributed by atoms with Gasteiger partial charge in [-0.05, 0) is 49.2 Å². The van der Waals surface area contributed by atoms with Crippen LogP contribution in [-0.2, 0) is 14.8 Å². The molecule has 1 aliphatic rings. The zero-order valence-corrected chi connectivity index (χ0v) is 14.7. The first kappa shape index (κ1) is 17.2. The highest BCUT2D eigenvalue weighted by Crippen LogP contribution is 2.22. The molecule has 2 N–H and O–H groups in total. The minimum absolute atomic E-state index is 0.104. The van der Waals surface area contributed by atoms with E-state index in [-0.39, 0.29) is 16.6 Å². The first-order chi connectivity index (χ1) is 11.9. The number of hydrogen-bond acceptors (Lipinski definition) is 5. The van der Waals surface area contributed by atoms with Crippen LogP contribution >= 0.6 is 0 Å². The molecule has 0 unspecified atom stereocenters. The summed E-state index contributed by atoms with van der Waals surface area (Å²) >= 11 is 0. The molecular formula is C17H20N4O3S. The predicted molar refractivity (Wildman–Crippen MR) is 97.2 cm³/mol. The summed E-state index contributed by atoms with van der Waals surface area (Å²) in [5, 5.41) is 2.59. The fraction of sp³-hybridized carbons (Fsp3) is 0.294. The van der Waals surface area contributed by atoms with Gasteiger partial charge in [-0.3, -0.25) is 9.52 Å². The number of anilines is 3. The van der Waals surface area contributed by atoms with Gasteiger partial charge in [-0.25, -0.2) is 13.4 Å². The average molecular weight is 360 g/mol. The van der Waals surface area contributed by atoms with E-state index in [0.717, 1.165) is 18.8 Å². The van der Waals surface area contributed by atoms with Crippen molar-refractivity contribution in [2.75, 3.05) is 28.0 Å². The van der Waals surface area contributed by atoms with Crippen molar-refractivity contribution in [3.63, 3.8) is 0 Å². The fourth-order valence-electron chi connectivity index (χ4n) is 2.73. The average Bonchev–Trinajstić information content (AvgIpc) is 3.09. The molecular weight excluding hydrogens is 340 g/mol. The van der Waals surface area contributed by atoms with Gasteiger partial charge >= 0.3 is 0 Å². The predicted octanol–water partition coefficient (Wildman–Crippen LogP) is 2.44. The van der Waals surface area contributed by atoms with Crippen LogP contribution < -0.4 is 14.9 Å². The Morgan fingerprint density at radius 2 is 1.76 bits per heavy atom. The highest BCUT2D eigenvalue weighted by atomic mass is 32.2. The molecule has 0 spiro atoms. The van der Waals surface area contributed by atoms with Crippen molar-refractivity contribution >= 4 is 33.1 Å². The number of sulfonamides is 1. The van der Waals surface area contributed by atoms with E-state index in [1.807, 2.05) is 6.07 Å². The van der Waals surface area contributed by atoms with Crippen molar-refractivity contribution < 1.29 is 13.2 Å². The Kier molecular flexibility index (Phi) is 4.89. The second kappa shape index (κ2) is 7.10. The lowest BCUT2D eigenvalue weighted by atomic mass is 10.3. The third-order valence-electron chi connectivity index (χ3n) is 3.94. The summed E-state index contributed by atoms with van der Waals surface area (Å²) in [7, 11) is -3.73. The van der Waals surface area contributed by atoms with Crippen LogP contribution in [-0.4, -0.2) is 32.4 Å². The van der Waals surface area contributed by atoms with Crippen molar-refractivity contribution in [3.8, 4) is 0 Å². The van der Waals surface area contributed by atoms with E-state index in [0.29, 0.717) is 5.69 Å². The zero-order valence-electron chi connectivity index (χ0n) is 13.9. The standard InChI is InChI=1S/C17H20N4O3S/c1-13(22)19-14-4-7-16(8-5-14)25(23,24)20-17-9-6-15(12-18-17)21-10-2-3-11-21/h4-9,12H,2-3,10-11H2,1H3,(H,18,20)(H,19,22). The first-order valence-electron chi connectivity index (χ1n) is 8.05. The van der Waals surface area contributed by atoms with Crippen molar-refractivity contribution in [2.45, 2.75) is 24.7 Å². The number of aromatic nitrogens is 1. The van der Waals surface area contributed by atoms with Crippen LogP contribution in [0.1, 0.15) is 19.8 Å². The Morgan fingerprint density at radius 3 is 2.32 bits per heavy atom. The van der Waals surface area contributed by atoms with Crippen LogP contribution in [0.25, 0.3) is 0 Å². The number of nitrogens with one attached hydrogen (secondary N) is 2. The van der Waals surface area contributed by atoms with Crippen LogP contribution in [0.4, 0.5) is 17.2 Å². The first-order valence-corrected chi connectivity index (χ1v) is 9.54. The number of rotatable bonds is 5. The SMILES string of the molecule is CC(=O)Nc1ccc(S(=O)(=O)Nc2ccc(N3CCCC3)cn2)cc1. The van der Waals surface area contributed by atoms with Gasteiger partial charge in [0.05, 0.1) is 16.8 Å². The van der Waals surface area contributed by atoms with Crippen molar-refractivity contribution in [1.29, 1.82) is 0 Å². The number of pyridine rings is 1. The lowest BCUT2D eigenvalue weighted by Gasteiger charge is -2.17. The number of amides is 1. The highest BCUT2D eigenvalue weighted by Gasteiger charge is 2.16. The van der Waals surface area contributed by atoms with Gasteiger partial charge in [0.2, 0.25) is 5.91 Å². The van der Waals surface area contributed by atoms with Crippen LogP contribution in [0.5, 0.6) is 0 Å². The molecule has 1 aromatic carbocycles. The minimum atomic E-state index is -3.73. The summed E-state index contributed by atoms with van der Waals surface area (Å²) in [6.07, 6.45) is 4.02. The van der Waals surface area contributed by atoms with Crippen LogP contribution in [0, 0.1) is 0 Å². The molecule has 0 bridgehead atoms. The van der Waals surface area contributed by atoms with E-state index in [1.54, 1.807) is 24.4 Å². The zero-order chi connectivity index (χ0) is 17.9. The molecule has 7 nitrogen and oxygen atoms in total. The second-order valence-corrected chi connectivity index (χ2v) is 7.59. The van der Waals surface area contributed by atoms with E-state index in [2.05, 4.69) is 19.9 Å². The number of benzene rings is 1. The van der Waals surface area contributed by atoms with Gasteiger partial charge in [-0.2, -0.15) is 0 Å². The van der Waals surface area contributed by atoms with Crippen LogP contribution in [0.2, 0.25) is 0 Å². The highest BCUT2D eigenvalue weighted by molar-refractivity contribution is 7.92. The third kappa shape index (κ3) is 4.27. The van der Waals surface area contributed by atoms with Gasteiger partial charge in [0.25, 0.3) is 10.0 Å². The molecule has 1 saturated heterocycles. The molecule has 1 aliphatic heterocycles. The largest absolute Gasteiger partial charge is 0.370 e. The van der Waals surface area contributed by atoms with E-state index in [9.17, 15) is 13.2 Å². The van der Waals surface area contributed by atoms with Gasteiger partial charge in [-0.15, -0.1) is 0 Å². The van der Waals surface area contributed by atoms with Gasteiger partial charge < -0.3 is 10.2 Å². The van der Waals surface area contributed by atoms with E-state index in [1.165, 1.54) is 31.9 Å². The molecule has 0 saturated carbocycles. The topological polar surface area (TPSA) is 91.4 Å². The third-order valence-corrected chi connectivity index (χ3v) is 5.31. The summed E-state index contributed by atoms with van der Waals surface area (Å²) in [6.45, 7) is 3.41. The summed E-state index contributed by atoms with van der Waals surface area (Å²) in [4.78, 5) is 17.5. The van der Waals surface area contributed by atoms with Gasteiger partial charge in [0.15, 0.2) is 0 Å². The second-order valence-electron chi connectivity index (χ2n) is 5.91. The lowest BCUT2D eigenvalue weighted by molar-refractivity contribution is -0.114. The Balaban J connectivity index is 1.71. The molecule has 132 valence electrons. The number of nitrogens with zero attached hydrogens (tertiary/aromatic N) is 2. The molecule has 0 atom stereocenters. The quantitative estimate of drug-likeness (QED) is 0.854. The molecule has 1 aromatic heterocycles. The van der Waals surface area contributed by atoms with Crippen LogP contribution in [0.15, 0.2) is 47.5 Å². The number of hydrogen-bond donors (Lipinski definition) is 2. The van der Waals surface area contributed by atoms with E-state index in [4.69, 9.17) is 0 Å². The summed E-state index contributed by atoms with van der Waals surface area (Å²) in [5.41, 5.74) is 1.54. The molecule has 2 heterocycles. The molecule has 8 heteroatoms. The van der Waals surface area contributed by atoms with Gasteiger partial charge in [0, 0.05) is 25.7 Å². The molecule has 3 rings (SSSR count). The van der Waals surface area contributed by atoms with Crippen LogP contribution in [0.3, 0.4) is 0 Å². The Morgan fingerprint density at radius 1 is 1.08 bits per heavy atom. The lowest BCUT2D eigenvalue weighted by Crippen LogP contribution is -2.18. The number of carbonyl (C=O) groups excluding carboxylic acids is 1. The minimum Gasteiger partial charge on any atom is -0.370 e. The van der Waals surface area contributed by atoms with Crippen molar-refractivity contribution in [2.24, 2.45) is 0 Å². The summed E-state index contributed by atoms with van der Waals surface area (Å²) < 4.78 is 27.3. The molecule has 2 aromatic rings. The molecule has 0 radical (unpaired) electrons. The molecule has 1 fully saturated rings. The molecule has 1 amide bonds.